The first kappa shape index (κ1) is 17.9. The van der Waals surface area contributed by atoms with E-state index < -0.39 is 8.07 Å². The van der Waals surface area contributed by atoms with E-state index in [2.05, 4.69) is 114 Å². The third kappa shape index (κ3) is 2.16. The molecule has 0 aliphatic carbocycles. The summed E-state index contributed by atoms with van der Waals surface area (Å²) in [5.74, 6) is 0. The summed E-state index contributed by atoms with van der Waals surface area (Å²) in [6, 6.07) is 39.0. The van der Waals surface area contributed by atoms with Gasteiger partial charge in [-0.1, -0.05) is 103 Å². The summed E-state index contributed by atoms with van der Waals surface area (Å²) in [6.45, 7) is 2.21. The van der Waals surface area contributed by atoms with Gasteiger partial charge in [0, 0.05) is 16.1 Å². The van der Waals surface area contributed by atoms with E-state index in [4.69, 9.17) is 4.98 Å². The predicted octanol–water partition coefficient (Wildman–Crippen LogP) is 4.51. The molecule has 7 rings (SSSR count). The maximum Gasteiger partial charge on any atom is 0.176 e. The number of imidazole rings is 1. The number of aryl methyl sites for hydroxylation is 1. The molecule has 152 valence electrons. The average molecular weight is 427 g/mol. The molecule has 0 saturated heterocycles. The van der Waals surface area contributed by atoms with Crippen LogP contribution in [0.1, 0.15) is 11.3 Å². The van der Waals surface area contributed by atoms with E-state index in [1.807, 2.05) is 0 Å². The molecule has 3 heteroatoms. The zero-order chi connectivity index (χ0) is 21.3. The summed E-state index contributed by atoms with van der Waals surface area (Å²) >= 11 is 0. The van der Waals surface area contributed by atoms with Gasteiger partial charge in [-0.2, -0.15) is 0 Å². The van der Waals surface area contributed by atoms with Crippen LogP contribution in [0.5, 0.6) is 0 Å². The van der Waals surface area contributed by atoms with Crippen molar-refractivity contribution in [2.45, 2.75) is 13.0 Å². The van der Waals surface area contributed by atoms with Crippen LogP contribution in [-0.2, 0) is 6.04 Å². The minimum absolute atomic E-state index is 1.05. The van der Waals surface area contributed by atoms with Crippen LogP contribution in [0.3, 0.4) is 0 Å². The summed E-state index contributed by atoms with van der Waals surface area (Å²) in [5.41, 5.74) is 5.03. The molecule has 2 aromatic heterocycles. The van der Waals surface area contributed by atoms with Crippen LogP contribution in [-0.4, -0.2) is 17.5 Å². The van der Waals surface area contributed by atoms with Crippen LogP contribution in [0.4, 0.5) is 0 Å². The maximum absolute atomic E-state index is 5.24. The minimum Gasteiger partial charge on any atom is -0.299 e. The molecule has 0 fully saturated rings. The number of aromatic nitrogens is 2. The highest BCUT2D eigenvalue weighted by atomic mass is 28.3. The topological polar surface area (TPSA) is 17.3 Å². The number of para-hydroxylation sites is 1. The molecule has 2 nitrogen and oxygen atoms in total. The van der Waals surface area contributed by atoms with Crippen LogP contribution < -0.4 is 15.7 Å². The van der Waals surface area contributed by atoms with Crippen molar-refractivity contribution in [3.8, 4) is 0 Å². The number of benzene rings is 4. The lowest BCUT2D eigenvalue weighted by atomic mass is 10.0. The molecule has 6 aromatic rings. The molecular weight excluding hydrogens is 404 g/mol. The van der Waals surface area contributed by atoms with Crippen LogP contribution in [0.2, 0.25) is 0 Å². The Bertz CT molecular complexity index is 1610. The lowest BCUT2D eigenvalue weighted by Crippen LogP contribution is -2.71. The van der Waals surface area contributed by atoms with Gasteiger partial charge in [-0.25, -0.2) is 4.98 Å². The molecule has 0 spiro atoms. The van der Waals surface area contributed by atoms with E-state index in [0.29, 0.717) is 0 Å². The molecule has 0 saturated carbocycles. The monoisotopic (exact) mass is 426 g/mol. The van der Waals surface area contributed by atoms with Crippen LogP contribution in [0.15, 0.2) is 103 Å². The van der Waals surface area contributed by atoms with E-state index in [1.165, 1.54) is 42.9 Å². The van der Waals surface area contributed by atoms with Gasteiger partial charge in [0.25, 0.3) is 0 Å². The molecule has 0 unspecified atom stereocenters. The van der Waals surface area contributed by atoms with Gasteiger partial charge in [0.15, 0.2) is 8.07 Å². The first-order chi connectivity index (χ1) is 15.8. The van der Waals surface area contributed by atoms with Crippen molar-refractivity contribution in [3.63, 3.8) is 0 Å². The Hall–Kier alpha value is -3.69. The van der Waals surface area contributed by atoms with E-state index in [1.54, 1.807) is 0 Å². The Balaban J connectivity index is 1.76. The van der Waals surface area contributed by atoms with Gasteiger partial charge in [0.1, 0.15) is 5.65 Å². The first-order valence-corrected chi connectivity index (χ1v) is 13.4. The third-order valence-corrected chi connectivity index (χ3v) is 12.2. The molecule has 0 bridgehead atoms. The van der Waals surface area contributed by atoms with Crippen molar-refractivity contribution >= 4 is 51.1 Å². The van der Waals surface area contributed by atoms with Gasteiger partial charge < -0.3 is 0 Å². The van der Waals surface area contributed by atoms with Crippen LogP contribution in [0.25, 0.3) is 27.3 Å². The fraction of sp³-hybridized carbons (Fsp3) is 0.0690. The molecule has 32 heavy (non-hydrogen) atoms. The molecule has 1 aliphatic heterocycles. The van der Waals surface area contributed by atoms with Crippen molar-refractivity contribution in [3.05, 3.63) is 114 Å². The van der Waals surface area contributed by atoms with Gasteiger partial charge in [-0.05, 0) is 34.3 Å². The fourth-order valence-electron chi connectivity index (χ4n) is 6.01. The summed E-state index contributed by atoms with van der Waals surface area (Å²) < 4.78 is 2.53. The quantitative estimate of drug-likeness (QED) is 0.294. The molecule has 1 aliphatic rings. The maximum atomic E-state index is 5.24. The molecule has 3 heterocycles. The number of fused-ring (bicyclic) bond motifs is 3. The number of hydrogen-bond acceptors (Lipinski definition) is 1. The number of rotatable bonds is 2. The minimum atomic E-state index is -2.34. The molecule has 0 amide bonds. The van der Waals surface area contributed by atoms with Crippen molar-refractivity contribution in [1.82, 2.24) is 9.38 Å². The van der Waals surface area contributed by atoms with E-state index in [-0.39, 0.29) is 0 Å². The normalized spacial score (nSPS) is 14.5. The van der Waals surface area contributed by atoms with E-state index in [0.717, 1.165) is 17.4 Å². The second-order valence-corrected chi connectivity index (χ2v) is 12.7. The Morgan fingerprint density at radius 2 is 1.25 bits per heavy atom. The second kappa shape index (κ2) is 6.41. The Kier molecular flexibility index (Phi) is 3.59. The average Bonchev–Trinajstić information content (AvgIpc) is 3.22. The Labute approximate surface area is 187 Å². The zero-order valence-electron chi connectivity index (χ0n) is 17.9. The van der Waals surface area contributed by atoms with E-state index >= 15 is 0 Å². The molecule has 4 aromatic carbocycles. The number of nitrogens with zero attached hydrogens (tertiary/aromatic N) is 2. The highest BCUT2D eigenvalue weighted by Crippen LogP contribution is 2.35. The SMILES string of the molecule is Cc1nc2c3ccccc3c3cccc4c3n2c1[Si](c1ccccc1)(c1ccccc1)C4. The lowest BCUT2D eigenvalue weighted by molar-refractivity contribution is 1.21. The Morgan fingerprint density at radius 1 is 0.656 bits per heavy atom. The summed E-state index contributed by atoms with van der Waals surface area (Å²) in [6.07, 6.45) is 0. The highest BCUT2D eigenvalue weighted by Gasteiger charge is 2.46. The van der Waals surface area contributed by atoms with Crippen LogP contribution in [0, 0.1) is 6.92 Å². The lowest BCUT2D eigenvalue weighted by Gasteiger charge is -2.37. The molecule has 0 radical (unpaired) electrons. The van der Waals surface area contributed by atoms with Gasteiger partial charge in [0.2, 0.25) is 0 Å². The largest absolute Gasteiger partial charge is 0.299 e. The summed E-state index contributed by atoms with van der Waals surface area (Å²) in [5, 5.41) is 8.19. The fourth-order valence-corrected chi connectivity index (χ4v) is 11.1. The Morgan fingerprint density at radius 3 is 1.94 bits per heavy atom. The van der Waals surface area contributed by atoms with E-state index in [9.17, 15) is 0 Å². The van der Waals surface area contributed by atoms with Gasteiger partial charge >= 0.3 is 0 Å². The molecular formula is C29H22N2Si. The summed E-state index contributed by atoms with van der Waals surface area (Å²) in [7, 11) is -2.34. The standard InChI is InChI=1S/C29H22N2Si/c1-20-29-31-27-21(11-10-18-25(27)24-16-8-9-17-26(24)28(31)30-20)19-32(29,22-12-4-2-5-13-22)23-14-6-3-7-15-23/h2-18H,19H2,1H3. The van der Waals surface area contributed by atoms with Gasteiger partial charge in [-0.15, -0.1) is 0 Å². The number of hydrogen-bond donors (Lipinski definition) is 0. The van der Waals surface area contributed by atoms with Crippen molar-refractivity contribution in [1.29, 1.82) is 0 Å². The highest BCUT2D eigenvalue weighted by molar-refractivity contribution is 7.11. The van der Waals surface area contributed by atoms with Crippen molar-refractivity contribution in [2.24, 2.45) is 0 Å². The first-order valence-electron chi connectivity index (χ1n) is 11.2. The second-order valence-electron chi connectivity index (χ2n) is 8.88. The number of pyridine rings is 1. The summed E-state index contributed by atoms with van der Waals surface area (Å²) in [4.78, 5) is 5.24. The van der Waals surface area contributed by atoms with Crippen molar-refractivity contribution < 1.29 is 0 Å². The third-order valence-electron chi connectivity index (χ3n) is 7.25. The zero-order valence-corrected chi connectivity index (χ0v) is 18.9. The van der Waals surface area contributed by atoms with Crippen molar-refractivity contribution in [2.75, 3.05) is 0 Å². The van der Waals surface area contributed by atoms with Gasteiger partial charge in [0.05, 0.1) is 11.2 Å². The molecule has 0 atom stereocenters. The van der Waals surface area contributed by atoms with Crippen LogP contribution >= 0.6 is 0 Å². The smallest absolute Gasteiger partial charge is 0.176 e. The predicted molar refractivity (Wildman–Crippen MR) is 136 cm³/mol. The van der Waals surface area contributed by atoms with Gasteiger partial charge in [-0.3, -0.25) is 4.40 Å². The molecule has 0 N–H and O–H groups in total.